The summed E-state index contributed by atoms with van der Waals surface area (Å²) in [6.45, 7) is 4.05. The van der Waals surface area contributed by atoms with Crippen LogP contribution in [0.2, 0.25) is 0 Å². The molecule has 0 aromatic heterocycles. The fourth-order valence-corrected chi connectivity index (χ4v) is 3.18. The highest BCUT2D eigenvalue weighted by Gasteiger charge is 2.25. The quantitative estimate of drug-likeness (QED) is 0.342. The zero-order valence-electron chi connectivity index (χ0n) is 9.03. The maximum atomic E-state index is 11.2. The zero-order chi connectivity index (χ0) is 11.3. The molecule has 0 bridgehead atoms. The van der Waals surface area contributed by atoms with Crippen molar-refractivity contribution < 1.29 is 9.53 Å². The first-order valence-corrected chi connectivity index (χ1v) is 8.28. The van der Waals surface area contributed by atoms with Gasteiger partial charge in [-0.25, -0.2) is 4.31 Å². The summed E-state index contributed by atoms with van der Waals surface area (Å²) in [5.74, 6) is 0.275. The number of methoxy groups -OCH3 is 1. The first kappa shape index (κ1) is 13.3. The minimum absolute atomic E-state index is 0.102. The van der Waals surface area contributed by atoms with E-state index in [0.29, 0.717) is 12.3 Å². The van der Waals surface area contributed by atoms with E-state index in [4.69, 9.17) is 4.74 Å². The van der Waals surface area contributed by atoms with Crippen LogP contribution in [0.5, 0.6) is 0 Å². The van der Waals surface area contributed by atoms with Crippen molar-refractivity contribution in [2.24, 2.45) is 5.92 Å². The first-order chi connectivity index (χ1) is 7.21. The van der Waals surface area contributed by atoms with Gasteiger partial charge in [0, 0.05) is 34.3 Å². The van der Waals surface area contributed by atoms with Crippen molar-refractivity contribution in [2.45, 2.75) is 19.8 Å². The van der Waals surface area contributed by atoms with Crippen molar-refractivity contribution in [3.05, 3.63) is 11.6 Å². The summed E-state index contributed by atoms with van der Waals surface area (Å²) in [5.41, 5.74) is 1.36. The van der Waals surface area contributed by atoms with Crippen LogP contribution in [0.4, 0.5) is 0 Å². The lowest BCUT2D eigenvalue weighted by atomic mass is 9.89. The summed E-state index contributed by atoms with van der Waals surface area (Å²) >= 11 is 2.30. The van der Waals surface area contributed by atoms with E-state index in [9.17, 15) is 4.79 Å². The van der Waals surface area contributed by atoms with E-state index in [1.807, 2.05) is 6.92 Å². The van der Waals surface area contributed by atoms with Gasteiger partial charge in [-0.05, 0) is 28.4 Å². The van der Waals surface area contributed by atoms with Gasteiger partial charge < -0.3 is 4.74 Å². The Hall–Kier alpha value is 0.250. The average molecular weight is 341 g/mol. The minimum Gasteiger partial charge on any atom is -0.469 e. The van der Waals surface area contributed by atoms with Crippen LogP contribution >= 0.6 is 30.3 Å². The number of halogens is 1. The number of carbonyl (C=O) groups is 1. The second-order valence-electron chi connectivity index (χ2n) is 3.56. The van der Waals surface area contributed by atoms with Gasteiger partial charge in [-0.2, -0.15) is 0 Å². The number of hydrogen-bond donors (Lipinski definition) is 0. The summed E-state index contributed by atoms with van der Waals surface area (Å²) < 4.78 is 7.02. The van der Waals surface area contributed by atoms with E-state index in [-0.39, 0.29) is 5.97 Å². The summed E-state index contributed by atoms with van der Waals surface area (Å²) in [6, 6.07) is 0. The van der Waals surface area contributed by atoms with Crippen LogP contribution in [0.1, 0.15) is 19.8 Å². The van der Waals surface area contributed by atoms with Crippen molar-refractivity contribution in [3.8, 4) is 0 Å². The summed E-state index contributed by atoms with van der Waals surface area (Å²) in [4.78, 5) is 11.2. The van der Waals surface area contributed by atoms with Gasteiger partial charge >= 0.3 is 5.97 Å². The van der Waals surface area contributed by atoms with E-state index in [0.717, 1.165) is 19.5 Å². The molecule has 15 heavy (non-hydrogen) atoms. The molecule has 0 aromatic carbocycles. The molecule has 0 radical (unpaired) electrons. The number of rotatable bonds is 3. The number of nitrogens with zero attached hydrogens (tertiary/aromatic N) is 1. The summed E-state index contributed by atoms with van der Waals surface area (Å²) in [6.07, 6.45) is 3.70. The Balaban J connectivity index is 2.55. The molecule has 1 aliphatic heterocycles. The number of hydrogen-bond acceptors (Lipinski definition) is 4. The fourth-order valence-electron chi connectivity index (χ4n) is 1.80. The molecular formula is C10H16INO2S. The minimum atomic E-state index is -0.102. The molecule has 1 atom stereocenters. The second-order valence-corrected chi connectivity index (χ2v) is 5.40. The van der Waals surface area contributed by atoms with Crippen molar-refractivity contribution in [1.29, 1.82) is 0 Å². The smallest absolute Gasteiger partial charge is 0.306 e. The molecule has 1 fully saturated rings. The van der Waals surface area contributed by atoms with Crippen LogP contribution in [0, 0.1) is 5.92 Å². The maximum absolute atomic E-state index is 11.2. The van der Waals surface area contributed by atoms with Gasteiger partial charge in [0.05, 0.1) is 13.5 Å². The van der Waals surface area contributed by atoms with Gasteiger partial charge in [-0.3, -0.25) is 4.79 Å². The van der Waals surface area contributed by atoms with Gasteiger partial charge in [-0.15, -0.1) is 0 Å². The predicted octanol–water partition coefficient (Wildman–Crippen LogP) is 2.82. The molecule has 1 unspecified atom stereocenters. The highest BCUT2D eigenvalue weighted by Crippen LogP contribution is 2.31. The Kier molecular flexibility index (Phi) is 5.99. The van der Waals surface area contributed by atoms with E-state index < -0.39 is 0 Å². The lowest BCUT2D eigenvalue weighted by molar-refractivity contribution is -0.141. The highest BCUT2D eigenvalue weighted by molar-refractivity contribution is 14.2. The van der Waals surface area contributed by atoms with E-state index in [1.165, 1.54) is 12.7 Å². The largest absolute Gasteiger partial charge is 0.469 e. The van der Waals surface area contributed by atoms with Crippen molar-refractivity contribution >= 4 is 36.3 Å². The van der Waals surface area contributed by atoms with Crippen LogP contribution in [-0.4, -0.2) is 30.5 Å². The Morgan fingerprint density at radius 1 is 1.80 bits per heavy atom. The molecule has 0 N–H and O–H groups in total. The molecule has 1 saturated heterocycles. The molecule has 0 spiro atoms. The van der Waals surface area contributed by atoms with Crippen molar-refractivity contribution in [3.63, 3.8) is 0 Å². The molecule has 0 aromatic rings. The van der Waals surface area contributed by atoms with E-state index >= 15 is 0 Å². The average Bonchev–Trinajstić information content (AvgIpc) is 2.29. The van der Waals surface area contributed by atoms with Crippen molar-refractivity contribution in [1.82, 2.24) is 4.31 Å². The Labute approximate surface area is 107 Å². The Morgan fingerprint density at radius 2 is 2.53 bits per heavy atom. The normalized spacial score (nSPS) is 25.5. The molecule has 1 rings (SSSR count). The Morgan fingerprint density at radius 3 is 3.07 bits per heavy atom. The standard InChI is InChI=1S/C10H16INO2S/c1-3-8-7-12(15-11)5-4-9(8)6-10(13)14-2/h3,9H,4-7H2,1-2H3/b8-3+. The summed E-state index contributed by atoms with van der Waals surface area (Å²) in [5, 5.41) is 0. The van der Waals surface area contributed by atoms with Crippen molar-refractivity contribution in [2.75, 3.05) is 20.2 Å². The molecule has 86 valence electrons. The van der Waals surface area contributed by atoms with Crippen LogP contribution in [-0.2, 0) is 9.53 Å². The van der Waals surface area contributed by atoms with Crippen LogP contribution < -0.4 is 0 Å². The molecule has 1 aliphatic rings. The topological polar surface area (TPSA) is 29.5 Å². The molecule has 5 heteroatoms. The molecule has 3 nitrogen and oxygen atoms in total. The third kappa shape index (κ3) is 3.96. The van der Waals surface area contributed by atoms with E-state index in [2.05, 4.69) is 31.6 Å². The van der Waals surface area contributed by atoms with Gasteiger partial charge in [0.2, 0.25) is 0 Å². The first-order valence-electron chi connectivity index (χ1n) is 4.96. The van der Waals surface area contributed by atoms with E-state index in [1.54, 1.807) is 9.12 Å². The number of ether oxygens (including phenoxy) is 1. The Bertz CT molecular complexity index is 258. The molecule has 0 aliphatic carbocycles. The number of carbonyl (C=O) groups excluding carboxylic acids is 1. The maximum Gasteiger partial charge on any atom is 0.306 e. The van der Waals surface area contributed by atoms with Crippen LogP contribution in [0.25, 0.3) is 0 Å². The third-order valence-corrected chi connectivity index (χ3v) is 4.90. The molecular weight excluding hydrogens is 325 g/mol. The number of piperidine rings is 1. The molecule has 0 amide bonds. The van der Waals surface area contributed by atoms with Crippen LogP contribution in [0.15, 0.2) is 11.6 Å². The highest BCUT2D eigenvalue weighted by atomic mass is 127. The summed E-state index contributed by atoms with van der Waals surface area (Å²) in [7, 11) is 3.19. The lowest BCUT2D eigenvalue weighted by Gasteiger charge is -2.31. The van der Waals surface area contributed by atoms with Gasteiger partial charge in [0.25, 0.3) is 0 Å². The number of allylic oxidation sites excluding steroid dienone is 1. The SMILES string of the molecule is C/C=C1\CN(SI)CCC1CC(=O)OC. The fraction of sp³-hybridized carbons (Fsp3) is 0.700. The monoisotopic (exact) mass is 341 g/mol. The molecule has 0 saturated carbocycles. The van der Waals surface area contributed by atoms with Gasteiger partial charge in [0.15, 0.2) is 0 Å². The second kappa shape index (κ2) is 6.75. The molecule has 1 heterocycles. The van der Waals surface area contributed by atoms with Gasteiger partial charge in [-0.1, -0.05) is 11.6 Å². The lowest BCUT2D eigenvalue weighted by Crippen LogP contribution is -2.31. The predicted molar refractivity (Wildman–Crippen MR) is 71.7 cm³/mol. The van der Waals surface area contributed by atoms with Crippen LogP contribution in [0.3, 0.4) is 0 Å². The number of esters is 1. The van der Waals surface area contributed by atoms with Gasteiger partial charge in [0.1, 0.15) is 0 Å². The third-order valence-electron chi connectivity index (χ3n) is 2.72. The zero-order valence-corrected chi connectivity index (χ0v) is 12.0.